The smallest absolute Gasteiger partial charge is 0.0890 e. The molecule has 41 heavy (non-hydrogen) atoms. The van der Waals surface area contributed by atoms with Crippen LogP contribution in [0.1, 0.15) is 234 Å². The Hall–Kier alpha value is -0.0400. The molecule has 0 radical (unpaired) electrons. The van der Waals surface area contributed by atoms with E-state index in [1.54, 1.807) is 0 Å². The van der Waals surface area contributed by atoms with Crippen molar-refractivity contribution in [3.8, 4) is 0 Å². The van der Waals surface area contributed by atoms with Gasteiger partial charge in [0.25, 0.3) is 0 Å². The summed E-state index contributed by atoms with van der Waals surface area (Å²) < 4.78 is 1.48. The molecule has 0 fully saturated rings. The van der Waals surface area contributed by atoms with Crippen molar-refractivity contribution in [2.24, 2.45) is 0 Å². The molecular weight excluding hydrogens is 494 g/mol. The lowest BCUT2D eigenvalue weighted by Gasteiger charge is -2.46. The van der Waals surface area contributed by atoms with Crippen LogP contribution >= 0.6 is 0 Å². The maximum atomic E-state index is 2.42. The first kappa shape index (κ1) is 41.0. The standard InChI is InChI=1S/C40H84N/c1-6-11-16-18-20-21-22-23-24-25-26-27-28-30-32-34-39-41(37-14-9-4,38-15-10-5)40(35-13-8-3)36-33-31-29-19-17-12-7-2/h40H,6-39H2,1-5H3/q+1. The van der Waals surface area contributed by atoms with Crippen LogP contribution in [0, 0.1) is 0 Å². The Labute approximate surface area is 263 Å². The van der Waals surface area contributed by atoms with E-state index in [1.807, 2.05) is 0 Å². The van der Waals surface area contributed by atoms with E-state index in [1.165, 1.54) is 223 Å². The van der Waals surface area contributed by atoms with Gasteiger partial charge in [-0.25, -0.2) is 0 Å². The largest absolute Gasteiger partial charge is 0.321 e. The van der Waals surface area contributed by atoms with E-state index in [4.69, 9.17) is 0 Å². The highest BCUT2D eigenvalue weighted by atomic mass is 15.4. The minimum absolute atomic E-state index is 0.931. The molecule has 1 heteroatoms. The zero-order valence-electron chi connectivity index (χ0n) is 30.1. The maximum Gasteiger partial charge on any atom is 0.0890 e. The minimum atomic E-state index is 0.931. The summed E-state index contributed by atoms with van der Waals surface area (Å²) >= 11 is 0. The van der Waals surface area contributed by atoms with E-state index in [9.17, 15) is 0 Å². The summed E-state index contributed by atoms with van der Waals surface area (Å²) in [6.45, 7) is 16.3. The van der Waals surface area contributed by atoms with Crippen LogP contribution in [0.15, 0.2) is 0 Å². The van der Waals surface area contributed by atoms with Gasteiger partial charge in [0.1, 0.15) is 0 Å². The second kappa shape index (κ2) is 32.9. The number of hydrogen-bond acceptors (Lipinski definition) is 0. The van der Waals surface area contributed by atoms with Gasteiger partial charge in [0.05, 0.1) is 25.7 Å². The number of nitrogens with zero attached hydrogens (tertiary/aromatic N) is 1. The average molecular weight is 579 g/mol. The fourth-order valence-corrected chi connectivity index (χ4v) is 7.27. The highest BCUT2D eigenvalue weighted by molar-refractivity contribution is 4.65. The molecule has 0 aliphatic carbocycles. The molecule has 0 aromatic rings. The van der Waals surface area contributed by atoms with Crippen LogP contribution in [-0.4, -0.2) is 30.2 Å². The summed E-state index contributed by atoms with van der Waals surface area (Å²) in [4.78, 5) is 0. The lowest BCUT2D eigenvalue weighted by atomic mass is 9.95. The molecule has 0 amide bonds. The van der Waals surface area contributed by atoms with Crippen LogP contribution in [0.4, 0.5) is 0 Å². The highest BCUT2D eigenvalue weighted by Crippen LogP contribution is 2.28. The summed E-state index contributed by atoms with van der Waals surface area (Å²) in [6, 6.07) is 0.931. The van der Waals surface area contributed by atoms with Gasteiger partial charge >= 0.3 is 0 Å². The second-order valence-corrected chi connectivity index (χ2v) is 14.1. The lowest BCUT2D eigenvalue weighted by molar-refractivity contribution is -0.952. The molecule has 0 aromatic heterocycles. The Morgan fingerprint density at radius 2 is 0.537 bits per heavy atom. The maximum absolute atomic E-state index is 2.42. The monoisotopic (exact) mass is 579 g/mol. The van der Waals surface area contributed by atoms with E-state index < -0.39 is 0 Å². The predicted molar refractivity (Wildman–Crippen MR) is 190 cm³/mol. The Balaban J connectivity index is 4.48. The molecule has 0 rings (SSSR count). The van der Waals surface area contributed by atoms with Crippen LogP contribution < -0.4 is 0 Å². The predicted octanol–water partition coefficient (Wildman–Crippen LogP) is 14.4. The summed E-state index contributed by atoms with van der Waals surface area (Å²) in [5.41, 5.74) is 0. The van der Waals surface area contributed by atoms with E-state index in [0.717, 1.165) is 6.04 Å². The summed E-state index contributed by atoms with van der Waals surface area (Å²) in [5, 5.41) is 0. The van der Waals surface area contributed by atoms with Crippen molar-refractivity contribution in [1.29, 1.82) is 0 Å². The van der Waals surface area contributed by atoms with Crippen LogP contribution in [0.5, 0.6) is 0 Å². The first-order chi connectivity index (χ1) is 20.2. The third-order valence-electron chi connectivity index (χ3n) is 10.2. The van der Waals surface area contributed by atoms with Gasteiger partial charge in [-0.05, 0) is 51.4 Å². The SMILES string of the molecule is CCCCCCCCCCCCCCCCCC[N+](CCCC)(CCCC)C(CCCC)CCCCCCCCC. The fourth-order valence-electron chi connectivity index (χ4n) is 7.27. The first-order valence-electron chi connectivity index (χ1n) is 20.1. The van der Waals surface area contributed by atoms with Gasteiger partial charge in [0.15, 0.2) is 0 Å². The van der Waals surface area contributed by atoms with Crippen molar-refractivity contribution < 1.29 is 4.48 Å². The molecule has 0 saturated carbocycles. The van der Waals surface area contributed by atoms with Gasteiger partial charge in [-0.3, -0.25) is 0 Å². The Bertz CT molecular complexity index is 463. The Morgan fingerprint density at radius 3 is 0.902 bits per heavy atom. The van der Waals surface area contributed by atoms with Crippen molar-refractivity contribution in [2.75, 3.05) is 19.6 Å². The van der Waals surface area contributed by atoms with Gasteiger partial charge in [0, 0.05) is 0 Å². The van der Waals surface area contributed by atoms with Gasteiger partial charge < -0.3 is 4.48 Å². The fraction of sp³-hybridized carbons (Fsp3) is 1.00. The first-order valence-corrected chi connectivity index (χ1v) is 20.1. The van der Waals surface area contributed by atoms with E-state index in [-0.39, 0.29) is 0 Å². The molecule has 0 bridgehead atoms. The Morgan fingerprint density at radius 1 is 0.268 bits per heavy atom. The van der Waals surface area contributed by atoms with Crippen molar-refractivity contribution in [2.45, 2.75) is 240 Å². The van der Waals surface area contributed by atoms with Gasteiger partial charge in [-0.15, -0.1) is 0 Å². The molecule has 1 atom stereocenters. The van der Waals surface area contributed by atoms with Crippen LogP contribution in [-0.2, 0) is 0 Å². The molecule has 248 valence electrons. The van der Waals surface area contributed by atoms with Crippen LogP contribution in [0.2, 0.25) is 0 Å². The number of quaternary nitrogens is 1. The minimum Gasteiger partial charge on any atom is -0.321 e. The van der Waals surface area contributed by atoms with Gasteiger partial charge in [0.2, 0.25) is 0 Å². The lowest BCUT2D eigenvalue weighted by Crippen LogP contribution is -2.57. The molecule has 1 unspecified atom stereocenters. The zero-order chi connectivity index (χ0) is 30.1. The summed E-state index contributed by atoms with van der Waals surface area (Å²) in [5.74, 6) is 0. The topological polar surface area (TPSA) is 0 Å². The molecule has 0 aromatic carbocycles. The van der Waals surface area contributed by atoms with E-state index in [2.05, 4.69) is 34.6 Å². The average Bonchev–Trinajstić information content (AvgIpc) is 2.99. The third-order valence-corrected chi connectivity index (χ3v) is 10.2. The van der Waals surface area contributed by atoms with Crippen molar-refractivity contribution in [3.05, 3.63) is 0 Å². The van der Waals surface area contributed by atoms with Crippen LogP contribution in [0.25, 0.3) is 0 Å². The quantitative estimate of drug-likeness (QED) is 0.0518. The summed E-state index contributed by atoms with van der Waals surface area (Å²) in [7, 11) is 0. The molecule has 0 N–H and O–H groups in total. The molecule has 0 spiro atoms. The number of rotatable bonds is 35. The molecule has 0 aliphatic heterocycles. The Kier molecular flexibility index (Phi) is 32.8. The third kappa shape index (κ3) is 25.0. The number of unbranched alkanes of at least 4 members (excludes halogenated alkanes) is 24. The van der Waals surface area contributed by atoms with Gasteiger partial charge in [-0.2, -0.15) is 0 Å². The van der Waals surface area contributed by atoms with E-state index >= 15 is 0 Å². The molecule has 0 aliphatic rings. The zero-order valence-corrected chi connectivity index (χ0v) is 30.1. The molecule has 0 heterocycles. The summed E-state index contributed by atoms with van der Waals surface area (Å²) in [6.07, 6.45) is 45.1. The second-order valence-electron chi connectivity index (χ2n) is 14.1. The van der Waals surface area contributed by atoms with Gasteiger partial charge in [-0.1, -0.05) is 182 Å². The van der Waals surface area contributed by atoms with Crippen molar-refractivity contribution in [3.63, 3.8) is 0 Å². The van der Waals surface area contributed by atoms with Crippen LogP contribution in [0.3, 0.4) is 0 Å². The number of hydrogen-bond donors (Lipinski definition) is 0. The molecule has 1 nitrogen and oxygen atoms in total. The highest BCUT2D eigenvalue weighted by Gasteiger charge is 2.34. The van der Waals surface area contributed by atoms with Crippen molar-refractivity contribution >= 4 is 0 Å². The normalized spacial score (nSPS) is 12.8. The molecular formula is C40H84N+. The van der Waals surface area contributed by atoms with Crippen molar-refractivity contribution in [1.82, 2.24) is 0 Å². The van der Waals surface area contributed by atoms with E-state index in [0.29, 0.717) is 0 Å². The molecule has 0 saturated heterocycles.